The molecule has 1 aromatic heterocycles. The van der Waals surface area contributed by atoms with Crippen LogP contribution >= 0.6 is 15.9 Å². The number of pyridine rings is 1. The lowest BCUT2D eigenvalue weighted by molar-refractivity contribution is 0.122. The van der Waals surface area contributed by atoms with E-state index in [1.54, 1.807) is 6.20 Å². The van der Waals surface area contributed by atoms with Crippen LogP contribution in [0.15, 0.2) is 16.7 Å². The minimum atomic E-state index is -0.229. The Labute approximate surface area is 112 Å². The second-order valence-corrected chi connectivity index (χ2v) is 6.28. The van der Waals surface area contributed by atoms with Gasteiger partial charge in [0.1, 0.15) is 5.60 Å². The van der Waals surface area contributed by atoms with Gasteiger partial charge in [-0.1, -0.05) is 13.8 Å². The lowest BCUT2D eigenvalue weighted by Gasteiger charge is -2.22. The van der Waals surface area contributed by atoms with Crippen molar-refractivity contribution in [2.45, 2.75) is 52.8 Å². The minimum Gasteiger partial charge on any atom is -0.472 e. The number of hydrogen-bond acceptors (Lipinski definition) is 3. The molecule has 0 aromatic carbocycles. The molecule has 0 amide bonds. The van der Waals surface area contributed by atoms with Crippen LogP contribution in [0.4, 0.5) is 0 Å². The minimum absolute atomic E-state index is 0.229. The first kappa shape index (κ1) is 14.5. The van der Waals surface area contributed by atoms with Crippen molar-refractivity contribution in [3.63, 3.8) is 0 Å². The van der Waals surface area contributed by atoms with Crippen LogP contribution in [0.2, 0.25) is 0 Å². The standard InChI is InChI=1S/C13H21BrN2O/c1-9(2)15-7-10-6-11(14)8-16-12(10)17-13(3,4)5/h6,8-9,15H,7H2,1-5H3. The van der Waals surface area contributed by atoms with E-state index in [9.17, 15) is 0 Å². The van der Waals surface area contributed by atoms with Gasteiger partial charge >= 0.3 is 0 Å². The first-order valence-corrected chi connectivity index (χ1v) is 6.64. The van der Waals surface area contributed by atoms with E-state index in [0.29, 0.717) is 11.9 Å². The zero-order valence-corrected chi connectivity index (χ0v) is 12.8. The summed E-state index contributed by atoms with van der Waals surface area (Å²) < 4.78 is 6.82. The fourth-order valence-corrected chi connectivity index (χ4v) is 1.67. The van der Waals surface area contributed by atoms with Gasteiger partial charge in [-0.3, -0.25) is 0 Å². The quantitative estimate of drug-likeness (QED) is 0.924. The van der Waals surface area contributed by atoms with Gasteiger partial charge in [0.2, 0.25) is 5.88 Å². The average molecular weight is 301 g/mol. The van der Waals surface area contributed by atoms with Crippen LogP contribution in [0.5, 0.6) is 5.88 Å². The lowest BCUT2D eigenvalue weighted by atomic mass is 10.2. The van der Waals surface area contributed by atoms with Crippen molar-refractivity contribution in [3.05, 3.63) is 22.3 Å². The zero-order valence-electron chi connectivity index (χ0n) is 11.2. The molecule has 0 bridgehead atoms. The van der Waals surface area contributed by atoms with Crippen molar-refractivity contribution in [2.75, 3.05) is 0 Å². The van der Waals surface area contributed by atoms with E-state index in [-0.39, 0.29) is 5.60 Å². The summed E-state index contributed by atoms with van der Waals surface area (Å²) >= 11 is 3.44. The maximum Gasteiger partial charge on any atom is 0.218 e. The highest BCUT2D eigenvalue weighted by molar-refractivity contribution is 9.10. The Kier molecular flexibility index (Phi) is 4.95. The van der Waals surface area contributed by atoms with Gasteiger partial charge in [0.25, 0.3) is 0 Å². The number of halogens is 1. The monoisotopic (exact) mass is 300 g/mol. The number of nitrogens with one attached hydrogen (secondary N) is 1. The molecule has 1 aromatic rings. The molecule has 0 aliphatic heterocycles. The van der Waals surface area contributed by atoms with Gasteiger partial charge in [0.05, 0.1) is 0 Å². The normalized spacial score (nSPS) is 11.9. The number of ether oxygens (including phenoxy) is 1. The van der Waals surface area contributed by atoms with Crippen molar-refractivity contribution >= 4 is 15.9 Å². The second kappa shape index (κ2) is 5.83. The number of nitrogens with zero attached hydrogens (tertiary/aromatic N) is 1. The second-order valence-electron chi connectivity index (χ2n) is 5.37. The predicted octanol–water partition coefficient (Wildman–Crippen LogP) is 3.52. The van der Waals surface area contributed by atoms with Crippen LogP contribution in [0.1, 0.15) is 40.2 Å². The van der Waals surface area contributed by atoms with Gasteiger partial charge < -0.3 is 10.1 Å². The Bertz CT molecular complexity index is 372. The van der Waals surface area contributed by atoms with E-state index in [0.717, 1.165) is 16.6 Å². The molecule has 0 spiro atoms. The first-order valence-electron chi connectivity index (χ1n) is 5.85. The fraction of sp³-hybridized carbons (Fsp3) is 0.615. The van der Waals surface area contributed by atoms with E-state index in [1.807, 2.05) is 26.8 Å². The van der Waals surface area contributed by atoms with Crippen molar-refractivity contribution in [2.24, 2.45) is 0 Å². The van der Waals surface area contributed by atoms with Gasteiger partial charge in [-0.15, -0.1) is 0 Å². The molecule has 1 rings (SSSR count). The summed E-state index contributed by atoms with van der Waals surface area (Å²) in [6.45, 7) is 11.1. The third-order valence-corrected chi connectivity index (χ3v) is 2.43. The summed E-state index contributed by atoms with van der Waals surface area (Å²) in [5.74, 6) is 0.703. The van der Waals surface area contributed by atoms with Crippen molar-refractivity contribution in [1.29, 1.82) is 0 Å². The molecule has 96 valence electrons. The highest BCUT2D eigenvalue weighted by Crippen LogP contribution is 2.23. The Hall–Kier alpha value is -0.610. The first-order chi connectivity index (χ1) is 7.78. The smallest absolute Gasteiger partial charge is 0.218 e. The van der Waals surface area contributed by atoms with Gasteiger partial charge in [-0.05, 0) is 42.8 Å². The molecule has 0 unspecified atom stereocenters. The molecule has 1 N–H and O–H groups in total. The molecular formula is C13H21BrN2O. The molecular weight excluding hydrogens is 280 g/mol. The van der Waals surface area contributed by atoms with Gasteiger partial charge in [0, 0.05) is 28.8 Å². The molecule has 0 saturated carbocycles. The summed E-state index contributed by atoms with van der Waals surface area (Å²) in [6, 6.07) is 2.49. The van der Waals surface area contributed by atoms with Crippen LogP contribution in [0.3, 0.4) is 0 Å². The van der Waals surface area contributed by atoms with Gasteiger partial charge in [-0.25, -0.2) is 4.98 Å². The van der Waals surface area contributed by atoms with E-state index < -0.39 is 0 Å². The largest absolute Gasteiger partial charge is 0.472 e. The topological polar surface area (TPSA) is 34.2 Å². The van der Waals surface area contributed by atoms with Crippen LogP contribution in [0, 0.1) is 0 Å². The summed E-state index contributed by atoms with van der Waals surface area (Å²) in [6.07, 6.45) is 1.76. The third kappa shape index (κ3) is 5.50. The Balaban J connectivity index is 2.87. The summed E-state index contributed by atoms with van der Waals surface area (Å²) in [5, 5.41) is 3.37. The SMILES string of the molecule is CC(C)NCc1cc(Br)cnc1OC(C)(C)C. The number of rotatable bonds is 4. The molecule has 3 nitrogen and oxygen atoms in total. The summed E-state index contributed by atoms with van der Waals surface area (Å²) in [7, 11) is 0. The highest BCUT2D eigenvalue weighted by Gasteiger charge is 2.16. The Morgan fingerprint density at radius 2 is 2.06 bits per heavy atom. The summed E-state index contributed by atoms with van der Waals surface area (Å²) in [4.78, 5) is 4.33. The summed E-state index contributed by atoms with van der Waals surface area (Å²) in [5.41, 5.74) is 0.843. The van der Waals surface area contributed by atoms with E-state index in [4.69, 9.17) is 4.74 Å². The number of aromatic nitrogens is 1. The molecule has 17 heavy (non-hydrogen) atoms. The average Bonchev–Trinajstić information content (AvgIpc) is 2.16. The molecule has 1 heterocycles. The van der Waals surface area contributed by atoms with Gasteiger partial charge in [-0.2, -0.15) is 0 Å². The predicted molar refractivity (Wildman–Crippen MR) is 74.3 cm³/mol. The third-order valence-electron chi connectivity index (χ3n) is 2.00. The van der Waals surface area contributed by atoms with Crippen molar-refractivity contribution < 1.29 is 4.74 Å². The van der Waals surface area contributed by atoms with E-state index in [2.05, 4.69) is 40.1 Å². The molecule has 0 atom stereocenters. The van der Waals surface area contributed by atoms with Crippen LogP contribution < -0.4 is 10.1 Å². The highest BCUT2D eigenvalue weighted by atomic mass is 79.9. The van der Waals surface area contributed by atoms with Crippen LogP contribution in [-0.2, 0) is 6.54 Å². The maximum absolute atomic E-state index is 5.85. The zero-order chi connectivity index (χ0) is 13.1. The Morgan fingerprint density at radius 3 is 2.59 bits per heavy atom. The number of hydrogen-bond donors (Lipinski definition) is 1. The van der Waals surface area contributed by atoms with Gasteiger partial charge in [0.15, 0.2) is 0 Å². The molecule has 0 aliphatic carbocycles. The van der Waals surface area contributed by atoms with Crippen molar-refractivity contribution in [1.82, 2.24) is 10.3 Å². The Morgan fingerprint density at radius 1 is 1.41 bits per heavy atom. The molecule has 0 saturated heterocycles. The molecule has 0 fully saturated rings. The van der Waals surface area contributed by atoms with E-state index in [1.165, 1.54) is 0 Å². The van der Waals surface area contributed by atoms with Crippen LogP contribution in [-0.4, -0.2) is 16.6 Å². The van der Waals surface area contributed by atoms with E-state index >= 15 is 0 Å². The van der Waals surface area contributed by atoms with Crippen LogP contribution in [0.25, 0.3) is 0 Å². The molecule has 0 radical (unpaired) electrons. The van der Waals surface area contributed by atoms with Crippen molar-refractivity contribution in [3.8, 4) is 5.88 Å². The fourth-order valence-electron chi connectivity index (χ4n) is 1.29. The maximum atomic E-state index is 5.85. The lowest BCUT2D eigenvalue weighted by Crippen LogP contribution is -2.26. The molecule has 0 aliphatic rings. The molecule has 4 heteroatoms.